The highest BCUT2D eigenvalue weighted by atomic mass is 16.3. The molecular formula is C19H33N3O. The lowest BCUT2D eigenvalue weighted by atomic mass is 9.86. The molecule has 1 fully saturated rings. The maximum absolute atomic E-state index is 9.32. The van der Waals surface area contributed by atoms with E-state index in [-0.39, 0.29) is 12.0 Å². The van der Waals surface area contributed by atoms with Gasteiger partial charge in [0.15, 0.2) is 0 Å². The van der Waals surface area contributed by atoms with Gasteiger partial charge in [0.25, 0.3) is 0 Å². The van der Waals surface area contributed by atoms with Gasteiger partial charge in [0.05, 0.1) is 6.61 Å². The van der Waals surface area contributed by atoms with Gasteiger partial charge in [0.2, 0.25) is 0 Å². The fourth-order valence-corrected chi connectivity index (χ4v) is 3.16. The molecule has 0 spiro atoms. The fraction of sp³-hybridized carbons (Fsp3) is 0.684. The summed E-state index contributed by atoms with van der Waals surface area (Å²) in [5.41, 5.74) is 2.89. The van der Waals surface area contributed by atoms with Crippen LogP contribution in [0.2, 0.25) is 0 Å². The molecule has 130 valence electrons. The summed E-state index contributed by atoms with van der Waals surface area (Å²) < 4.78 is 0. The number of aliphatic hydroxyl groups is 1. The van der Waals surface area contributed by atoms with Gasteiger partial charge in [-0.15, -0.1) is 0 Å². The largest absolute Gasteiger partial charge is 0.395 e. The molecule has 0 amide bonds. The summed E-state index contributed by atoms with van der Waals surface area (Å²) in [5.74, 6) is 0. The van der Waals surface area contributed by atoms with Gasteiger partial charge < -0.3 is 10.4 Å². The van der Waals surface area contributed by atoms with Crippen LogP contribution in [0.3, 0.4) is 0 Å². The minimum Gasteiger partial charge on any atom is -0.395 e. The highest BCUT2D eigenvalue weighted by molar-refractivity contribution is 5.29. The molecule has 1 heterocycles. The van der Waals surface area contributed by atoms with E-state index >= 15 is 0 Å². The smallest absolute Gasteiger partial charge is 0.0558 e. The van der Waals surface area contributed by atoms with Crippen molar-refractivity contribution in [2.45, 2.75) is 32.2 Å². The zero-order valence-corrected chi connectivity index (χ0v) is 15.2. The van der Waals surface area contributed by atoms with E-state index in [0.717, 1.165) is 32.7 Å². The Hall–Kier alpha value is -0.940. The van der Waals surface area contributed by atoms with Crippen LogP contribution < -0.4 is 5.32 Å². The second kappa shape index (κ2) is 8.25. The standard InChI is InChI=1S/C19H33N3O/c1-19(2,3)17-7-5-16(6-8-17)18(21(4)13-14-23)15-22-11-9-20-10-12-22/h5-8,18,20,23H,9-15H2,1-4H3. The molecule has 1 aromatic rings. The molecule has 0 aromatic heterocycles. The van der Waals surface area contributed by atoms with E-state index in [4.69, 9.17) is 0 Å². The van der Waals surface area contributed by atoms with Crippen LogP contribution in [-0.4, -0.2) is 67.8 Å². The Morgan fingerprint density at radius 2 is 1.78 bits per heavy atom. The zero-order chi connectivity index (χ0) is 16.9. The Labute approximate surface area is 141 Å². The first kappa shape index (κ1) is 18.4. The second-order valence-corrected chi connectivity index (χ2v) is 7.64. The van der Waals surface area contributed by atoms with Crippen LogP contribution >= 0.6 is 0 Å². The summed E-state index contributed by atoms with van der Waals surface area (Å²) in [6.07, 6.45) is 0. The van der Waals surface area contributed by atoms with Crippen LogP contribution in [0.4, 0.5) is 0 Å². The molecule has 0 radical (unpaired) electrons. The van der Waals surface area contributed by atoms with Crippen LogP contribution in [0.5, 0.6) is 0 Å². The second-order valence-electron chi connectivity index (χ2n) is 7.64. The first-order chi connectivity index (χ1) is 10.9. The lowest BCUT2D eigenvalue weighted by Gasteiger charge is -2.35. The highest BCUT2D eigenvalue weighted by Gasteiger charge is 2.22. The van der Waals surface area contributed by atoms with Crippen molar-refractivity contribution in [1.29, 1.82) is 0 Å². The van der Waals surface area contributed by atoms with Gasteiger partial charge in [-0.3, -0.25) is 9.80 Å². The summed E-state index contributed by atoms with van der Waals surface area (Å²) in [6, 6.07) is 9.37. The molecule has 4 heteroatoms. The molecule has 1 aliphatic heterocycles. The van der Waals surface area contributed by atoms with Crippen LogP contribution in [0.15, 0.2) is 24.3 Å². The number of nitrogens with zero attached hydrogens (tertiary/aromatic N) is 2. The predicted molar refractivity (Wildman–Crippen MR) is 96.9 cm³/mol. The first-order valence-electron chi connectivity index (χ1n) is 8.76. The minimum absolute atomic E-state index is 0.184. The molecule has 0 bridgehead atoms. The van der Waals surface area contributed by atoms with E-state index in [0.29, 0.717) is 12.6 Å². The topological polar surface area (TPSA) is 38.7 Å². The third-order valence-electron chi connectivity index (χ3n) is 4.79. The van der Waals surface area contributed by atoms with Crippen LogP contribution in [0, 0.1) is 0 Å². The number of hydrogen-bond donors (Lipinski definition) is 2. The monoisotopic (exact) mass is 319 g/mol. The van der Waals surface area contributed by atoms with Gasteiger partial charge in [-0.25, -0.2) is 0 Å². The summed E-state index contributed by atoms with van der Waals surface area (Å²) >= 11 is 0. The van der Waals surface area contributed by atoms with E-state index in [1.54, 1.807) is 0 Å². The average Bonchev–Trinajstić information content (AvgIpc) is 2.53. The van der Waals surface area contributed by atoms with Crippen molar-refractivity contribution in [3.63, 3.8) is 0 Å². The van der Waals surface area contributed by atoms with Crippen LogP contribution in [0.1, 0.15) is 37.9 Å². The number of likely N-dealkylation sites (N-methyl/N-ethyl adjacent to an activating group) is 1. The summed E-state index contributed by atoms with van der Waals surface area (Å²) in [4.78, 5) is 4.79. The van der Waals surface area contributed by atoms with E-state index in [2.05, 4.69) is 67.2 Å². The van der Waals surface area contributed by atoms with Gasteiger partial charge in [0, 0.05) is 45.3 Å². The molecule has 1 aromatic carbocycles. The third kappa shape index (κ3) is 5.28. The van der Waals surface area contributed by atoms with Gasteiger partial charge in [-0.1, -0.05) is 45.0 Å². The van der Waals surface area contributed by atoms with Gasteiger partial charge in [-0.05, 0) is 23.6 Å². The minimum atomic E-state index is 0.184. The quantitative estimate of drug-likeness (QED) is 0.839. The maximum atomic E-state index is 9.32. The molecular weight excluding hydrogens is 286 g/mol. The van der Waals surface area contributed by atoms with Crippen molar-refractivity contribution < 1.29 is 5.11 Å². The third-order valence-corrected chi connectivity index (χ3v) is 4.79. The Balaban J connectivity index is 2.15. The number of aliphatic hydroxyl groups excluding tert-OH is 1. The van der Waals surface area contributed by atoms with Crippen LogP contribution in [-0.2, 0) is 5.41 Å². The van der Waals surface area contributed by atoms with Crippen molar-refractivity contribution in [2.24, 2.45) is 0 Å². The van der Waals surface area contributed by atoms with E-state index in [1.807, 2.05) is 0 Å². The Morgan fingerprint density at radius 1 is 1.17 bits per heavy atom. The Morgan fingerprint density at radius 3 is 2.30 bits per heavy atom. The molecule has 23 heavy (non-hydrogen) atoms. The Kier molecular flexibility index (Phi) is 6.60. The summed E-state index contributed by atoms with van der Waals surface area (Å²) in [6.45, 7) is 13.0. The number of nitrogens with one attached hydrogen (secondary N) is 1. The van der Waals surface area contributed by atoms with Gasteiger partial charge >= 0.3 is 0 Å². The number of benzene rings is 1. The highest BCUT2D eigenvalue weighted by Crippen LogP contribution is 2.26. The SMILES string of the molecule is CN(CCO)C(CN1CCNCC1)c1ccc(C(C)(C)C)cc1. The van der Waals surface area contributed by atoms with E-state index < -0.39 is 0 Å². The molecule has 0 saturated carbocycles. The number of hydrogen-bond acceptors (Lipinski definition) is 4. The molecule has 1 saturated heterocycles. The first-order valence-corrected chi connectivity index (χ1v) is 8.76. The summed E-state index contributed by atoms with van der Waals surface area (Å²) in [5, 5.41) is 12.7. The summed E-state index contributed by atoms with van der Waals surface area (Å²) in [7, 11) is 2.11. The molecule has 1 aliphatic rings. The van der Waals surface area contributed by atoms with Gasteiger partial charge in [0.1, 0.15) is 0 Å². The van der Waals surface area contributed by atoms with Crippen molar-refractivity contribution in [3.8, 4) is 0 Å². The lowest BCUT2D eigenvalue weighted by molar-refractivity contribution is 0.130. The molecule has 0 aliphatic carbocycles. The fourth-order valence-electron chi connectivity index (χ4n) is 3.16. The normalized spacial score (nSPS) is 18.3. The maximum Gasteiger partial charge on any atom is 0.0558 e. The van der Waals surface area contributed by atoms with Crippen molar-refractivity contribution >= 4 is 0 Å². The van der Waals surface area contributed by atoms with E-state index in [9.17, 15) is 5.11 Å². The average molecular weight is 319 g/mol. The van der Waals surface area contributed by atoms with Crippen molar-refractivity contribution in [1.82, 2.24) is 15.1 Å². The molecule has 2 N–H and O–H groups in total. The van der Waals surface area contributed by atoms with Crippen LogP contribution in [0.25, 0.3) is 0 Å². The predicted octanol–water partition coefficient (Wildman–Crippen LogP) is 1.85. The number of rotatable bonds is 6. The zero-order valence-electron chi connectivity index (χ0n) is 15.2. The lowest BCUT2D eigenvalue weighted by Crippen LogP contribution is -2.47. The molecule has 2 rings (SSSR count). The van der Waals surface area contributed by atoms with Crippen molar-refractivity contribution in [3.05, 3.63) is 35.4 Å². The number of piperazine rings is 1. The Bertz CT molecular complexity index is 460. The van der Waals surface area contributed by atoms with E-state index in [1.165, 1.54) is 11.1 Å². The van der Waals surface area contributed by atoms with Crippen molar-refractivity contribution in [2.75, 3.05) is 52.9 Å². The molecule has 1 unspecified atom stereocenters. The molecule has 4 nitrogen and oxygen atoms in total. The van der Waals surface area contributed by atoms with Gasteiger partial charge in [-0.2, -0.15) is 0 Å². The molecule has 1 atom stereocenters.